The summed E-state index contributed by atoms with van der Waals surface area (Å²) in [5.74, 6) is -1.30. The first-order valence-electron chi connectivity index (χ1n) is 4.34. The van der Waals surface area contributed by atoms with E-state index < -0.39 is 11.6 Å². The molecule has 0 atom stereocenters. The molecule has 5 heteroatoms. The third-order valence-electron chi connectivity index (χ3n) is 2.05. The van der Waals surface area contributed by atoms with Crippen LogP contribution in [0.15, 0.2) is 21.0 Å². The minimum Gasteiger partial charge on any atom is -0.456 e. The Morgan fingerprint density at radius 2 is 2.13 bits per heavy atom. The van der Waals surface area contributed by atoms with Crippen LogP contribution in [0.2, 0.25) is 0 Å². The second-order valence-electron chi connectivity index (χ2n) is 3.14. The Morgan fingerprint density at radius 1 is 1.40 bits per heavy atom. The molecule has 2 aromatic rings. The van der Waals surface area contributed by atoms with E-state index in [4.69, 9.17) is 4.42 Å². The van der Waals surface area contributed by atoms with Crippen molar-refractivity contribution in [3.63, 3.8) is 0 Å². The van der Waals surface area contributed by atoms with Crippen molar-refractivity contribution in [3.05, 3.63) is 34.0 Å². The van der Waals surface area contributed by atoms with E-state index in [1.165, 1.54) is 0 Å². The van der Waals surface area contributed by atoms with Crippen molar-refractivity contribution >= 4 is 26.9 Å². The SMILES string of the molecule is CNCc1cc2c(Br)cc(F)c(F)c2o1. The van der Waals surface area contributed by atoms with Crippen molar-refractivity contribution < 1.29 is 13.2 Å². The first-order valence-corrected chi connectivity index (χ1v) is 5.13. The molecule has 0 unspecified atom stereocenters. The molecule has 1 heterocycles. The summed E-state index contributed by atoms with van der Waals surface area (Å²) >= 11 is 3.16. The molecule has 0 bridgehead atoms. The molecule has 0 radical (unpaired) electrons. The Bertz CT molecular complexity index is 510. The Hall–Kier alpha value is -0.940. The van der Waals surface area contributed by atoms with Gasteiger partial charge in [0.05, 0.1) is 6.54 Å². The Kier molecular flexibility index (Phi) is 2.75. The molecule has 80 valence electrons. The zero-order valence-electron chi connectivity index (χ0n) is 7.90. The molecule has 0 amide bonds. The van der Waals surface area contributed by atoms with Gasteiger partial charge < -0.3 is 9.73 Å². The van der Waals surface area contributed by atoms with Gasteiger partial charge in [-0.25, -0.2) is 4.39 Å². The van der Waals surface area contributed by atoms with Gasteiger partial charge in [-0.1, -0.05) is 0 Å². The van der Waals surface area contributed by atoms with Crippen LogP contribution in [0.1, 0.15) is 5.76 Å². The van der Waals surface area contributed by atoms with Crippen LogP contribution in [0, 0.1) is 11.6 Å². The molecule has 0 aliphatic heterocycles. The molecular formula is C10H8BrF2NO. The summed E-state index contributed by atoms with van der Waals surface area (Å²) in [6.45, 7) is 0.474. The fourth-order valence-electron chi connectivity index (χ4n) is 1.40. The monoisotopic (exact) mass is 275 g/mol. The average molecular weight is 276 g/mol. The van der Waals surface area contributed by atoms with Gasteiger partial charge in [0, 0.05) is 9.86 Å². The van der Waals surface area contributed by atoms with Crippen LogP contribution in [0.4, 0.5) is 8.78 Å². The van der Waals surface area contributed by atoms with E-state index in [0.29, 0.717) is 22.2 Å². The molecule has 0 spiro atoms. The molecule has 2 rings (SSSR count). The van der Waals surface area contributed by atoms with Crippen molar-refractivity contribution in [1.82, 2.24) is 5.32 Å². The van der Waals surface area contributed by atoms with Crippen molar-refractivity contribution in [2.75, 3.05) is 7.05 Å². The predicted molar refractivity (Wildman–Crippen MR) is 56.6 cm³/mol. The van der Waals surface area contributed by atoms with E-state index in [0.717, 1.165) is 6.07 Å². The van der Waals surface area contributed by atoms with Crippen molar-refractivity contribution in [2.45, 2.75) is 6.54 Å². The number of halogens is 3. The normalized spacial score (nSPS) is 11.2. The van der Waals surface area contributed by atoms with Gasteiger partial charge in [0.15, 0.2) is 11.4 Å². The molecule has 0 saturated heterocycles. The van der Waals surface area contributed by atoms with Crippen LogP contribution >= 0.6 is 15.9 Å². The molecule has 1 aromatic heterocycles. The summed E-state index contributed by atoms with van der Waals surface area (Å²) in [5, 5.41) is 3.41. The highest BCUT2D eigenvalue weighted by Gasteiger charge is 2.15. The number of nitrogens with one attached hydrogen (secondary N) is 1. The fourth-order valence-corrected chi connectivity index (χ4v) is 1.90. The van der Waals surface area contributed by atoms with Crippen LogP contribution in [0.3, 0.4) is 0 Å². The largest absolute Gasteiger partial charge is 0.456 e. The van der Waals surface area contributed by atoms with E-state index >= 15 is 0 Å². The summed E-state index contributed by atoms with van der Waals surface area (Å²) in [6, 6.07) is 2.77. The second-order valence-corrected chi connectivity index (χ2v) is 3.99. The van der Waals surface area contributed by atoms with Gasteiger partial charge in [-0.3, -0.25) is 0 Å². The Morgan fingerprint density at radius 3 is 2.80 bits per heavy atom. The van der Waals surface area contributed by atoms with Gasteiger partial charge in [-0.05, 0) is 35.1 Å². The summed E-state index contributed by atoms with van der Waals surface area (Å²) < 4.78 is 32.0. The van der Waals surface area contributed by atoms with Gasteiger partial charge in [-0.2, -0.15) is 4.39 Å². The molecule has 0 saturated carbocycles. The van der Waals surface area contributed by atoms with Gasteiger partial charge in [0.2, 0.25) is 5.82 Å². The first kappa shape index (κ1) is 10.6. The number of hydrogen-bond donors (Lipinski definition) is 1. The van der Waals surface area contributed by atoms with Crippen LogP contribution in [0.5, 0.6) is 0 Å². The van der Waals surface area contributed by atoms with Gasteiger partial charge in [0.25, 0.3) is 0 Å². The maximum Gasteiger partial charge on any atom is 0.201 e. The lowest BCUT2D eigenvalue weighted by molar-refractivity contribution is 0.473. The quantitative estimate of drug-likeness (QED) is 0.852. The lowest BCUT2D eigenvalue weighted by atomic mass is 10.2. The van der Waals surface area contributed by atoms with E-state index in [1.54, 1.807) is 13.1 Å². The average Bonchev–Trinajstić information content (AvgIpc) is 2.60. The van der Waals surface area contributed by atoms with E-state index in [-0.39, 0.29) is 5.58 Å². The number of fused-ring (bicyclic) bond motifs is 1. The maximum absolute atomic E-state index is 13.3. The highest BCUT2D eigenvalue weighted by Crippen LogP contribution is 2.31. The number of furan rings is 1. The van der Waals surface area contributed by atoms with Crippen LogP contribution in [-0.4, -0.2) is 7.05 Å². The van der Waals surface area contributed by atoms with Crippen LogP contribution < -0.4 is 5.32 Å². The zero-order valence-corrected chi connectivity index (χ0v) is 9.49. The summed E-state index contributed by atoms with van der Waals surface area (Å²) in [7, 11) is 1.75. The molecular weight excluding hydrogens is 268 g/mol. The second kappa shape index (κ2) is 3.90. The minimum absolute atomic E-state index is 0.0490. The maximum atomic E-state index is 13.3. The zero-order chi connectivity index (χ0) is 11.0. The smallest absolute Gasteiger partial charge is 0.201 e. The Labute approximate surface area is 93.4 Å². The lowest BCUT2D eigenvalue weighted by Gasteiger charge is -1.96. The Balaban J connectivity index is 2.68. The lowest BCUT2D eigenvalue weighted by Crippen LogP contribution is -2.03. The van der Waals surface area contributed by atoms with E-state index in [2.05, 4.69) is 21.2 Å². The van der Waals surface area contributed by atoms with Gasteiger partial charge in [0.1, 0.15) is 5.76 Å². The standard InChI is InChI=1S/C10H8BrF2NO/c1-14-4-5-2-6-7(11)3-8(12)9(13)10(6)15-5/h2-3,14H,4H2,1H3. The molecule has 0 fully saturated rings. The molecule has 0 aliphatic carbocycles. The van der Waals surface area contributed by atoms with Crippen molar-refractivity contribution in [2.24, 2.45) is 0 Å². The topological polar surface area (TPSA) is 25.2 Å². The highest BCUT2D eigenvalue weighted by molar-refractivity contribution is 9.10. The molecule has 1 N–H and O–H groups in total. The minimum atomic E-state index is -0.949. The molecule has 2 nitrogen and oxygen atoms in total. The summed E-state index contributed by atoms with van der Waals surface area (Å²) in [4.78, 5) is 0. The summed E-state index contributed by atoms with van der Waals surface area (Å²) in [6.07, 6.45) is 0. The van der Waals surface area contributed by atoms with Crippen LogP contribution in [0.25, 0.3) is 11.0 Å². The van der Waals surface area contributed by atoms with E-state index in [1.807, 2.05) is 0 Å². The number of rotatable bonds is 2. The van der Waals surface area contributed by atoms with Gasteiger partial charge in [-0.15, -0.1) is 0 Å². The van der Waals surface area contributed by atoms with E-state index in [9.17, 15) is 8.78 Å². The summed E-state index contributed by atoms with van der Waals surface area (Å²) in [5.41, 5.74) is -0.0490. The third-order valence-corrected chi connectivity index (χ3v) is 2.71. The fraction of sp³-hybridized carbons (Fsp3) is 0.200. The third kappa shape index (κ3) is 1.77. The van der Waals surface area contributed by atoms with Crippen molar-refractivity contribution in [3.8, 4) is 0 Å². The highest BCUT2D eigenvalue weighted by atomic mass is 79.9. The van der Waals surface area contributed by atoms with Crippen molar-refractivity contribution in [1.29, 1.82) is 0 Å². The van der Waals surface area contributed by atoms with Crippen LogP contribution in [-0.2, 0) is 6.54 Å². The molecule has 1 aromatic carbocycles. The molecule has 15 heavy (non-hydrogen) atoms. The molecule has 0 aliphatic rings. The number of benzene rings is 1. The number of hydrogen-bond acceptors (Lipinski definition) is 2. The predicted octanol–water partition coefficient (Wildman–Crippen LogP) is 3.19. The first-order chi connectivity index (χ1) is 7.13. The van der Waals surface area contributed by atoms with Gasteiger partial charge >= 0.3 is 0 Å².